The fraction of sp³-hybridized carbons (Fsp3) is 0.333. The molecule has 2 N–H and O–H groups in total. The third-order valence-electron chi connectivity index (χ3n) is 2.56. The number of nitro benzene ring substituents is 1. The molecule has 1 aromatic heterocycles. The molecule has 20 heavy (non-hydrogen) atoms. The molecule has 1 heterocycles. The lowest BCUT2D eigenvalue weighted by Crippen LogP contribution is -2.30. The van der Waals surface area contributed by atoms with Crippen molar-refractivity contribution in [1.29, 1.82) is 0 Å². The maximum Gasteiger partial charge on any atom is 0.296 e. The van der Waals surface area contributed by atoms with Gasteiger partial charge >= 0.3 is 0 Å². The van der Waals surface area contributed by atoms with Crippen LogP contribution in [0.5, 0.6) is 0 Å². The first-order chi connectivity index (χ1) is 9.60. The van der Waals surface area contributed by atoms with E-state index < -0.39 is 4.92 Å². The summed E-state index contributed by atoms with van der Waals surface area (Å²) in [5.74, 6) is -0.167. The van der Waals surface area contributed by atoms with Gasteiger partial charge in [0.1, 0.15) is 5.52 Å². The van der Waals surface area contributed by atoms with Crippen LogP contribution in [0.1, 0.15) is 13.3 Å². The first kappa shape index (κ1) is 13.8. The summed E-state index contributed by atoms with van der Waals surface area (Å²) in [4.78, 5) is 25.6. The third-order valence-corrected chi connectivity index (χ3v) is 2.56. The van der Waals surface area contributed by atoms with Gasteiger partial charge < -0.3 is 15.1 Å². The highest BCUT2D eigenvalue weighted by molar-refractivity contribution is 5.81. The average molecular weight is 278 g/mol. The monoisotopic (exact) mass is 278 g/mol. The van der Waals surface area contributed by atoms with E-state index in [1.807, 2.05) is 6.92 Å². The van der Waals surface area contributed by atoms with Crippen LogP contribution in [0, 0.1) is 10.1 Å². The maximum atomic E-state index is 11.4. The van der Waals surface area contributed by atoms with Gasteiger partial charge in [0, 0.05) is 12.6 Å². The number of aromatic nitrogens is 1. The zero-order chi connectivity index (χ0) is 14.5. The summed E-state index contributed by atoms with van der Waals surface area (Å²) in [5, 5.41) is 16.1. The molecule has 106 valence electrons. The zero-order valence-electron chi connectivity index (χ0n) is 10.9. The van der Waals surface area contributed by atoms with Gasteiger partial charge in [0.15, 0.2) is 5.58 Å². The molecule has 8 nitrogen and oxygen atoms in total. The van der Waals surface area contributed by atoms with Crippen molar-refractivity contribution in [2.24, 2.45) is 0 Å². The maximum absolute atomic E-state index is 11.4. The fourth-order valence-corrected chi connectivity index (χ4v) is 1.59. The van der Waals surface area contributed by atoms with Gasteiger partial charge in [-0.1, -0.05) is 6.92 Å². The number of rotatable bonds is 6. The van der Waals surface area contributed by atoms with Crippen molar-refractivity contribution in [3.63, 3.8) is 0 Å². The number of benzene rings is 1. The molecule has 0 aliphatic carbocycles. The van der Waals surface area contributed by atoms with Gasteiger partial charge in [0.2, 0.25) is 5.91 Å². The number of nitrogens with one attached hydrogen (secondary N) is 2. The Morgan fingerprint density at radius 2 is 2.30 bits per heavy atom. The quantitative estimate of drug-likeness (QED) is 0.614. The van der Waals surface area contributed by atoms with E-state index in [1.165, 1.54) is 18.2 Å². The van der Waals surface area contributed by atoms with E-state index in [0.29, 0.717) is 17.6 Å². The van der Waals surface area contributed by atoms with E-state index in [-0.39, 0.29) is 24.2 Å². The van der Waals surface area contributed by atoms with E-state index in [4.69, 9.17) is 4.42 Å². The second-order valence-corrected chi connectivity index (χ2v) is 4.13. The lowest BCUT2D eigenvalue weighted by molar-refractivity contribution is -0.384. The lowest BCUT2D eigenvalue weighted by Gasteiger charge is -2.02. The van der Waals surface area contributed by atoms with E-state index in [9.17, 15) is 14.9 Å². The molecule has 1 aromatic carbocycles. The summed E-state index contributed by atoms with van der Waals surface area (Å²) in [7, 11) is 0. The van der Waals surface area contributed by atoms with Crippen LogP contribution in [-0.4, -0.2) is 28.9 Å². The Labute approximate surface area is 114 Å². The third kappa shape index (κ3) is 3.22. The predicted molar refractivity (Wildman–Crippen MR) is 72.5 cm³/mol. The molecule has 0 saturated carbocycles. The first-order valence-corrected chi connectivity index (χ1v) is 6.15. The minimum Gasteiger partial charge on any atom is -0.423 e. The number of carbonyl (C=O) groups excluding carboxylic acids is 1. The number of hydrogen-bond donors (Lipinski definition) is 2. The first-order valence-electron chi connectivity index (χ1n) is 6.15. The van der Waals surface area contributed by atoms with Crippen LogP contribution in [0.2, 0.25) is 0 Å². The molecular formula is C12H14N4O4. The highest BCUT2D eigenvalue weighted by atomic mass is 16.6. The minimum atomic E-state index is -0.507. The number of nitrogens with zero attached hydrogens (tertiary/aromatic N) is 2. The molecule has 0 aliphatic rings. The zero-order valence-corrected chi connectivity index (χ0v) is 10.9. The Balaban J connectivity index is 2.04. The Morgan fingerprint density at radius 3 is 3.00 bits per heavy atom. The molecule has 2 rings (SSSR count). The van der Waals surface area contributed by atoms with Crippen LogP contribution >= 0.6 is 0 Å². The van der Waals surface area contributed by atoms with E-state index in [0.717, 1.165) is 6.42 Å². The SMILES string of the molecule is CCCNC(=O)CNc1nc2ccc([N+](=O)[O-])cc2o1. The van der Waals surface area contributed by atoms with Crippen molar-refractivity contribution >= 4 is 28.7 Å². The molecule has 0 fully saturated rings. The van der Waals surface area contributed by atoms with E-state index in [1.54, 1.807) is 0 Å². The molecule has 2 aromatic rings. The van der Waals surface area contributed by atoms with Crippen molar-refractivity contribution in [3.8, 4) is 0 Å². The highest BCUT2D eigenvalue weighted by Crippen LogP contribution is 2.23. The summed E-state index contributed by atoms with van der Waals surface area (Å²) in [6.45, 7) is 2.61. The topological polar surface area (TPSA) is 110 Å². The van der Waals surface area contributed by atoms with Crippen LogP contribution in [0.25, 0.3) is 11.1 Å². The number of carbonyl (C=O) groups is 1. The Hall–Kier alpha value is -2.64. The Morgan fingerprint density at radius 1 is 1.50 bits per heavy atom. The number of oxazole rings is 1. The Kier molecular flexibility index (Phi) is 4.14. The summed E-state index contributed by atoms with van der Waals surface area (Å²) in [6, 6.07) is 4.30. The van der Waals surface area contributed by atoms with Gasteiger partial charge in [-0.2, -0.15) is 4.98 Å². The van der Waals surface area contributed by atoms with E-state index >= 15 is 0 Å². The number of non-ortho nitro benzene ring substituents is 1. The highest BCUT2D eigenvalue weighted by Gasteiger charge is 2.12. The smallest absolute Gasteiger partial charge is 0.296 e. The van der Waals surface area contributed by atoms with Gasteiger partial charge in [-0.3, -0.25) is 14.9 Å². The molecule has 0 saturated heterocycles. The lowest BCUT2D eigenvalue weighted by atomic mass is 10.3. The van der Waals surface area contributed by atoms with Gasteiger partial charge in [0.05, 0.1) is 17.5 Å². The molecule has 0 radical (unpaired) electrons. The molecule has 0 unspecified atom stereocenters. The number of nitro groups is 1. The largest absolute Gasteiger partial charge is 0.423 e. The van der Waals surface area contributed by atoms with Crippen molar-refractivity contribution in [1.82, 2.24) is 10.3 Å². The summed E-state index contributed by atoms with van der Waals surface area (Å²) in [5.41, 5.74) is 0.726. The predicted octanol–water partition coefficient (Wildman–Crippen LogP) is 1.67. The fourth-order valence-electron chi connectivity index (χ4n) is 1.59. The van der Waals surface area contributed by atoms with Crippen molar-refractivity contribution < 1.29 is 14.1 Å². The standard InChI is InChI=1S/C12H14N4O4/c1-2-5-13-11(17)7-14-12-15-9-4-3-8(16(18)19)6-10(9)20-12/h3-4,6H,2,5,7H2,1H3,(H,13,17)(H,14,15). The van der Waals surface area contributed by atoms with Crippen molar-refractivity contribution in [3.05, 3.63) is 28.3 Å². The molecule has 0 aliphatic heterocycles. The number of fused-ring (bicyclic) bond motifs is 1. The van der Waals surface area contributed by atoms with Crippen LogP contribution in [-0.2, 0) is 4.79 Å². The molecular weight excluding hydrogens is 264 g/mol. The number of hydrogen-bond acceptors (Lipinski definition) is 6. The molecule has 8 heteroatoms. The van der Waals surface area contributed by atoms with Crippen LogP contribution < -0.4 is 10.6 Å². The summed E-state index contributed by atoms with van der Waals surface area (Å²) >= 11 is 0. The second kappa shape index (κ2) is 6.00. The average Bonchev–Trinajstić information content (AvgIpc) is 2.84. The van der Waals surface area contributed by atoms with Crippen molar-refractivity contribution in [2.75, 3.05) is 18.4 Å². The number of anilines is 1. The normalized spacial score (nSPS) is 10.4. The van der Waals surface area contributed by atoms with Crippen LogP contribution in [0.15, 0.2) is 22.6 Å². The van der Waals surface area contributed by atoms with Crippen LogP contribution in [0.3, 0.4) is 0 Å². The molecule has 0 spiro atoms. The molecule has 0 atom stereocenters. The Bertz CT molecular complexity index is 637. The summed E-state index contributed by atoms with van der Waals surface area (Å²) in [6.07, 6.45) is 0.859. The van der Waals surface area contributed by atoms with Crippen molar-refractivity contribution in [2.45, 2.75) is 13.3 Å². The number of amides is 1. The van der Waals surface area contributed by atoms with Gasteiger partial charge in [0.25, 0.3) is 11.7 Å². The summed E-state index contributed by atoms with van der Waals surface area (Å²) < 4.78 is 5.31. The van der Waals surface area contributed by atoms with E-state index in [2.05, 4.69) is 15.6 Å². The molecule has 0 bridgehead atoms. The van der Waals surface area contributed by atoms with Gasteiger partial charge in [-0.05, 0) is 12.5 Å². The van der Waals surface area contributed by atoms with Crippen LogP contribution in [0.4, 0.5) is 11.7 Å². The second-order valence-electron chi connectivity index (χ2n) is 4.13. The van der Waals surface area contributed by atoms with Gasteiger partial charge in [-0.15, -0.1) is 0 Å². The minimum absolute atomic E-state index is 0.0366. The van der Waals surface area contributed by atoms with Gasteiger partial charge in [-0.25, -0.2) is 0 Å². The molecule has 1 amide bonds.